The highest BCUT2D eigenvalue weighted by Crippen LogP contribution is 2.37. The SMILES string of the molecule is CC(C)(C)C1CCCCC1NC(=O)CN1CCCNCC1. The molecule has 0 aromatic rings. The molecule has 122 valence electrons. The van der Waals surface area contributed by atoms with Gasteiger partial charge in [-0.3, -0.25) is 9.69 Å². The Balaban J connectivity index is 1.85. The molecular formula is C17H33N3O. The summed E-state index contributed by atoms with van der Waals surface area (Å²) in [6.07, 6.45) is 6.11. The van der Waals surface area contributed by atoms with Gasteiger partial charge in [0.25, 0.3) is 0 Å². The highest BCUT2D eigenvalue weighted by Gasteiger charge is 2.34. The minimum atomic E-state index is 0.220. The van der Waals surface area contributed by atoms with Gasteiger partial charge in [-0.2, -0.15) is 0 Å². The van der Waals surface area contributed by atoms with E-state index in [1.165, 1.54) is 19.3 Å². The summed E-state index contributed by atoms with van der Waals surface area (Å²) < 4.78 is 0. The van der Waals surface area contributed by atoms with Crippen molar-refractivity contribution in [3.63, 3.8) is 0 Å². The Morgan fingerprint density at radius 3 is 2.67 bits per heavy atom. The fourth-order valence-electron chi connectivity index (χ4n) is 3.86. The summed E-state index contributed by atoms with van der Waals surface area (Å²) in [4.78, 5) is 14.7. The van der Waals surface area contributed by atoms with Gasteiger partial charge in [-0.15, -0.1) is 0 Å². The third kappa shape index (κ3) is 5.26. The third-order valence-corrected chi connectivity index (χ3v) is 5.02. The molecule has 4 heteroatoms. The van der Waals surface area contributed by atoms with Crippen molar-refractivity contribution in [2.75, 3.05) is 32.7 Å². The largest absolute Gasteiger partial charge is 0.352 e. The molecule has 1 aliphatic heterocycles. The van der Waals surface area contributed by atoms with E-state index >= 15 is 0 Å². The van der Waals surface area contributed by atoms with E-state index in [0.717, 1.165) is 39.0 Å². The number of amides is 1. The van der Waals surface area contributed by atoms with Crippen molar-refractivity contribution in [2.45, 2.75) is 58.9 Å². The Hall–Kier alpha value is -0.610. The van der Waals surface area contributed by atoms with Crippen LogP contribution in [-0.2, 0) is 4.79 Å². The van der Waals surface area contributed by atoms with Crippen molar-refractivity contribution in [3.8, 4) is 0 Å². The normalized spacial score (nSPS) is 28.9. The minimum Gasteiger partial charge on any atom is -0.352 e. The highest BCUT2D eigenvalue weighted by molar-refractivity contribution is 5.78. The molecule has 1 saturated carbocycles. The molecule has 2 aliphatic rings. The van der Waals surface area contributed by atoms with Crippen molar-refractivity contribution < 1.29 is 4.79 Å². The Kier molecular flexibility index (Phi) is 6.06. The van der Waals surface area contributed by atoms with E-state index in [4.69, 9.17) is 0 Å². The molecule has 1 amide bonds. The standard InChI is InChI=1S/C17H33N3O/c1-17(2,3)14-7-4-5-8-15(14)19-16(21)13-20-11-6-9-18-10-12-20/h14-15,18H,4-13H2,1-3H3,(H,19,21). The molecule has 0 bridgehead atoms. The first kappa shape index (κ1) is 16.8. The lowest BCUT2D eigenvalue weighted by molar-refractivity contribution is -0.123. The zero-order valence-corrected chi connectivity index (χ0v) is 14.1. The summed E-state index contributed by atoms with van der Waals surface area (Å²) in [5, 5.41) is 6.73. The molecule has 2 rings (SSSR count). The maximum atomic E-state index is 12.4. The monoisotopic (exact) mass is 295 g/mol. The van der Waals surface area contributed by atoms with Gasteiger partial charge in [-0.1, -0.05) is 33.6 Å². The van der Waals surface area contributed by atoms with Crippen molar-refractivity contribution in [3.05, 3.63) is 0 Å². The summed E-state index contributed by atoms with van der Waals surface area (Å²) in [6, 6.07) is 0.372. The number of hydrogen-bond donors (Lipinski definition) is 2. The molecule has 2 atom stereocenters. The van der Waals surface area contributed by atoms with Crippen LogP contribution in [0.4, 0.5) is 0 Å². The van der Waals surface area contributed by atoms with E-state index in [9.17, 15) is 4.79 Å². The molecule has 0 aromatic heterocycles. The predicted octanol–water partition coefficient (Wildman–Crippen LogP) is 2.00. The first-order valence-corrected chi connectivity index (χ1v) is 8.69. The molecule has 21 heavy (non-hydrogen) atoms. The van der Waals surface area contributed by atoms with Gasteiger partial charge in [0.2, 0.25) is 5.91 Å². The lowest BCUT2D eigenvalue weighted by atomic mass is 9.69. The summed E-state index contributed by atoms with van der Waals surface area (Å²) in [7, 11) is 0. The van der Waals surface area contributed by atoms with Crippen LogP contribution in [0.2, 0.25) is 0 Å². The molecule has 2 unspecified atom stereocenters. The fraction of sp³-hybridized carbons (Fsp3) is 0.941. The van der Waals surface area contributed by atoms with Crippen LogP contribution in [-0.4, -0.2) is 49.6 Å². The zero-order valence-electron chi connectivity index (χ0n) is 14.1. The van der Waals surface area contributed by atoms with Crippen molar-refractivity contribution >= 4 is 5.91 Å². The molecule has 4 nitrogen and oxygen atoms in total. The third-order valence-electron chi connectivity index (χ3n) is 5.02. The first-order valence-electron chi connectivity index (χ1n) is 8.69. The number of hydrogen-bond acceptors (Lipinski definition) is 3. The number of carbonyl (C=O) groups excluding carboxylic acids is 1. The molecular weight excluding hydrogens is 262 g/mol. The zero-order chi connectivity index (χ0) is 15.3. The van der Waals surface area contributed by atoms with Crippen LogP contribution >= 0.6 is 0 Å². The summed E-state index contributed by atoms with van der Waals surface area (Å²) in [6.45, 7) is 11.6. The molecule has 1 aliphatic carbocycles. The average Bonchev–Trinajstić information content (AvgIpc) is 2.66. The van der Waals surface area contributed by atoms with Gasteiger partial charge in [-0.25, -0.2) is 0 Å². The van der Waals surface area contributed by atoms with Gasteiger partial charge in [0, 0.05) is 19.1 Å². The lowest BCUT2D eigenvalue weighted by Gasteiger charge is -2.41. The van der Waals surface area contributed by atoms with Gasteiger partial charge in [0.15, 0.2) is 0 Å². The second kappa shape index (κ2) is 7.59. The maximum Gasteiger partial charge on any atom is 0.234 e. The van der Waals surface area contributed by atoms with Gasteiger partial charge in [0.05, 0.1) is 6.54 Å². The molecule has 0 aromatic carbocycles. The first-order chi connectivity index (χ1) is 9.97. The molecule has 0 radical (unpaired) electrons. The lowest BCUT2D eigenvalue weighted by Crippen LogP contribution is -2.49. The molecule has 2 N–H and O–H groups in total. The second-order valence-corrected chi connectivity index (χ2v) is 7.81. The van der Waals surface area contributed by atoms with Gasteiger partial charge in [0.1, 0.15) is 0 Å². The van der Waals surface area contributed by atoms with Crippen LogP contribution < -0.4 is 10.6 Å². The van der Waals surface area contributed by atoms with Crippen LogP contribution in [0.5, 0.6) is 0 Å². The van der Waals surface area contributed by atoms with E-state index in [0.29, 0.717) is 18.5 Å². The van der Waals surface area contributed by atoms with E-state index in [2.05, 4.69) is 36.3 Å². The fourth-order valence-corrected chi connectivity index (χ4v) is 3.86. The van der Waals surface area contributed by atoms with Crippen molar-refractivity contribution in [1.29, 1.82) is 0 Å². The van der Waals surface area contributed by atoms with Crippen molar-refractivity contribution in [2.24, 2.45) is 11.3 Å². The number of carbonyl (C=O) groups is 1. The van der Waals surface area contributed by atoms with E-state index < -0.39 is 0 Å². The van der Waals surface area contributed by atoms with Crippen molar-refractivity contribution in [1.82, 2.24) is 15.5 Å². The molecule has 0 spiro atoms. The number of nitrogens with one attached hydrogen (secondary N) is 2. The van der Waals surface area contributed by atoms with Crippen LogP contribution in [0, 0.1) is 11.3 Å². The quantitative estimate of drug-likeness (QED) is 0.837. The summed E-state index contributed by atoms with van der Waals surface area (Å²) in [5.41, 5.74) is 0.283. The predicted molar refractivity (Wildman–Crippen MR) is 87.3 cm³/mol. The molecule has 2 fully saturated rings. The Morgan fingerprint density at radius 2 is 1.90 bits per heavy atom. The van der Waals surface area contributed by atoms with Gasteiger partial charge in [-0.05, 0) is 43.7 Å². The summed E-state index contributed by atoms with van der Waals surface area (Å²) >= 11 is 0. The van der Waals surface area contributed by atoms with E-state index in [1.807, 2.05) is 0 Å². The smallest absolute Gasteiger partial charge is 0.234 e. The van der Waals surface area contributed by atoms with Crippen LogP contribution in [0.15, 0.2) is 0 Å². The Morgan fingerprint density at radius 1 is 1.14 bits per heavy atom. The Labute approximate surface area is 130 Å². The maximum absolute atomic E-state index is 12.4. The highest BCUT2D eigenvalue weighted by atomic mass is 16.2. The van der Waals surface area contributed by atoms with Crippen LogP contribution in [0.25, 0.3) is 0 Å². The van der Waals surface area contributed by atoms with E-state index in [-0.39, 0.29) is 11.3 Å². The van der Waals surface area contributed by atoms with Crippen LogP contribution in [0.1, 0.15) is 52.9 Å². The minimum absolute atomic E-state index is 0.220. The number of rotatable bonds is 3. The Bertz CT molecular complexity index is 329. The van der Waals surface area contributed by atoms with Crippen LogP contribution in [0.3, 0.4) is 0 Å². The average molecular weight is 295 g/mol. The second-order valence-electron chi connectivity index (χ2n) is 7.81. The summed E-state index contributed by atoms with van der Waals surface area (Å²) in [5.74, 6) is 0.832. The van der Waals surface area contributed by atoms with Gasteiger partial charge >= 0.3 is 0 Å². The molecule has 1 saturated heterocycles. The topological polar surface area (TPSA) is 44.4 Å². The molecule has 1 heterocycles. The number of nitrogens with zero attached hydrogens (tertiary/aromatic N) is 1. The van der Waals surface area contributed by atoms with Gasteiger partial charge < -0.3 is 10.6 Å². The van der Waals surface area contributed by atoms with E-state index in [1.54, 1.807) is 0 Å².